The Morgan fingerprint density at radius 2 is 2.47 bits per heavy atom. The second-order valence-electron chi connectivity index (χ2n) is 5.58. The minimum Gasteiger partial charge on any atom is -0.387 e. The van der Waals surface area contributed by atoms with Crippen molar-refractivity contribution in [3.05, 3.63) is 18.0 Å². The summed E-state index contributed by atoms with van der Waals surface area (Å²) in [5.74, 6) is 1.01. The summed E-state index contributed by atoms with van der Waals surface area (Å²) in [5, 5.41) is 24.2. The van der Waals surface area contributed by atoms with Gasteiger partial charge in [-0.1, -0.05) is 6.42 Å². The Morgan fingerprint density at radius 1 is 1.65 bits per heavy atom. The van der Waals surface area contributed by atoms with E-state index in [1.807, 2.05) is 13.2 Å². The molecule has 0 aliphatic heterocycles. The Kier molecular flexibility index (Phi) is 2.27. The van der Waals surface area contributed by atoms with Crippen LogP contribution < -0.4 is 0 Å². The van der Waals surface area contributed by atoms with Gasteiger partial charge in [0.05, 0.1) is 17.7 Å². The maximum Gasteiger partial charge on any atom is 0.101 e. The van der Waals surface area contributed by atoms with Gasteiger partial charge in [-0.25, -0.2) is 0 Å². The van der Waals surface area contributed by atoms with E-state index < -0.39 is 11.5 Å². The van der Waals surface area contributed by atoms with Crippen molar-refractivity contribution in [3.8, 4) is 6.07 Å². The molecule has 0 radical (unpaired) electrons. The topological polar surface area (TPSA) is 61.8 Å². The van der Waals surface area contributed by atoms with E-state index in [4.69, 9.17) is 0 Å². The Labute approximate surface area is 101 Å². The lowest BCUT2D eigenvalue weighted by molar-refractivity contribution is 0.0233. The van der Waals surface area contributed by atoms with Gasteiger partial charge in [0.15, 0.2) is 0 Å². The van der Waals surface area contributed by atoms with Crippen LogP contribution in [-0.4, -0.2) is 14.9 Å². The summed E-state index contributed by atoms with van der Waals surface area (Å²) in [7, 11) is 1.83. The average molecular weight is 231 g/mol. The van der Waals surface area contributed by atoms with Crippen molar-refractivity contribution in [2.45, 2.75) is 31.8 Å². The first-order valence-corrected chi connectivity index (χ1v) is 6.23. The Morgan fingerprint density at radius 3 is 2.94 bits per heavy atom. The van der Waals surface area contributed by atoms with E-state index in [9.17, 15) is 10.4 Å². The van der Waals surface area contributed by atoms with Crippen LogP contribution in [0.4, 0.5) is 0 Å². The highest BCUT2D eigenvalue weighted by Crippen LogP contribution is 2.60. The molecule has 1 aromatic heterocycles. The second-order valence-corrected chi connectivity index (χ2v) is 5.58. The third kappa shape index (κ3) is 1.42. The van der Waals surface area contributed by atoms with Crippen molar-refractivity contribution in [2.75, 3.05) is 0 Å². The van der Waals surface area contributed by atoms with Gasteiger partial charge in [0.1, 0.15) is 6.10 Å². The maximum atomic E-state index is 10.5. The van der Waals surface area contributed by atoms with Crippen LogP contribution in [0.2, 0.25) is 0 Å². The number of aryl methyl sites for hydroxylation is 1. The number of aromatic nitrogens is 2. The van der Waals surface area contributed by atoms with Gasteiger partial charge in [-0.05, 0) is 31.1 Å². The SMILES string of the molecule is Cn1cc(C(O)C2(C#N)CC3CCC2C3)cn1. The molecular weight excluding hydrogens is 214 g/mol. The first-order chi connectivity index (χ1) is 8.15. The first kappa shape index (κ1) is 10.8. The normalized spacial score (nSPS) is 37.0. The van der Waals surface area contributed by atoms with E-state index in [1.165, 1.54) is 6.42 Å². The molecule has 1 N–H and O–H groups in total. The number of fused-ring (bicyclic) bond motifs is 2. The average Bonchev–Trinajstić information content (AvgIpc) is 3.02. The molecule has 2 aliphatic rings. The van der Waals surface area contributed by atoms with Crippen LogP contribution in [0.25, 0.3) is 0 Å². The van der Waals surface area contributed by atoms with Gasteiger partial charge in [-0.2, -0.15) is 10.4 Å². The summed E-state index contributed by atoms with van der Waals surface area (Å²) in [4.78, 5) is 0. The molecule has 4 heteroatoms. The predicted molar refractivity (Wildman–Crippen MR) is 61.7 cm³/mol. The lowest BCUT2D eigenvalue weighted by Crippen LogP contribution is -2.33. The molecule has 0 spiro atoms. The zero-order chi connectivity index (χ0) is 12.0. The predicted octanol–water partition coefficient (Wildman–Crippen LogP) is 1.78. The molecule has 4 unspecified atom stereocenters. The fourth-order valence-corrected chi connectivity index (χ4v) is 3.78. The van der Waals surface area contributed by atoms with E-state index in [1.54, 1.807) is 10.9 Å². The van der Waals surface area contributed by atoms with Gasteiger partial charge in [0, 0.05) is 18.8 Å². The smallest absolute Gasteiger partial charge is 0.101 e. The molecule has 1 aromatic rings. The molecule has 2 saturated carbocycles. The largest absolute Gasteiger partial charge is 0.387 e. The van der Waals surface area contributed by atoms with Gasteiger partial charge in [0.25, 0.3) is 0 Å². The Bertz CT molecular complexity index is 475. The van der Waals surface area contributed by atoms with E-state index in [-0.39, 0.29) is 0 Å². The molecule has 4 atom stereocenters. The van der Waals surface area contributed by atoms with Crippen LogP contribution >= 0.6 is 0 Å². The first-order valence-electron chi connectivity index (χ1n) is 6.23. The molecule has 90 valence electrons. The molecule has 0 amide bonds. The molecule has 2 fully saturated rings. The lowest BCUT2D eigenvalue weighted by Gasteiger charge is -2.34. The molecule has 3 rings (SSSR count). The van der Waals surface area contributed by atoms with Gasteiger partial charge in [-0.15, -0.1) is 0 Å². The summed E-state index contributed by atoms with van der Waals surface area (Å²) in [5.41, 5.74) is 0.216. The molecule has 1 heterocycles. The third-order valence-electron chi connectivity index (χ3n) is 4.63. The molecule has 2 bridgehead atoms. The fourth-order valence-electron chi connectivity index (χ4n) is 3.78. The maximum absolute atomic E-state index is 10.5. The monoisotopic (exact) mass is 231 g/mol. The van der Waals surface area contributed by atoms with Gasteiger partial charge < -0.3 is 5.11 Å². The van der Waals surface area contributed by atoms with Gasteiger partial charge in [0.2, 0.25) is 0 Å². The molecule has 4 nitrogen and oxygen atoms in total. The summed E-state index contributed by atoms with van der Waals surface area (Å²) in [6.07, 6.45) is 7.10. The number of aliphatic hydroxyl groups excluding tert-OH is 1. The van der Waals surface area contributed by atoms with E-state index in [0.717, 1.165) is 24.8 Å². The van der Waals surface area contributed by atoms with E-state index >= 15 is 0 Å². The van der Waals surface area contributed by atoms with Crippen LogP contribution in [0.1, 0.15) is 37.4 Å². The lowest BCUT2D eigenvalue weighted by atomic mass is 9.69. The zero-order valence-corrected chi connectivity index (χ0v) is 10.0. The molecule has 2 aliphatic carbocycles. The number of hydrogen-bond acceptors (Lipinski definition) is 3. The summed E-state index contributed by atoms with van der Waals surface area (Å²) >= 11 is 0. The van der Waals surface area contributed by atoms with Crippen molar-refractivity contribution in [1.29, 1.82) is 5.26 Å². The van der Waals surface area contributed by atoms with Crippen LogP contribution in [0.3, 0.4) is 0 Å². The minimum atomic E-state index is -0.684. The quantitative estimate of drug-likeness (QED) is 0.844. The highest BCUT2D eigenvalue weighted by atomic mass is 16.3. The minimum absolute atomic E-state index is 0.368. The van der Waals surface area contributed by atoms with Crippen LogP contribution in [0, 0.1) is 28.6 Å². The van der Waals surface area contributed by atoms with Crippen molar-refractivity contribution in [1.82, 2.24) is 9.78 Å². The summed E-state index contributed by atoms with van der Waals surface area (Å²) in [6, 6.07) is 2.43. The second kappa shape index (κ2) is 3.58. The number of aliphatic hydroxyl groups is 1. The van der Waals surface area contributed by atoms with Gasteiger partial charge >= 0.3 is 0 Å². The Hall–Kier alpha value is -1.34. The molecule has 0 saturated heterocycles. The standard InChI is InChI=1S/C13H17N3O/c1-16-7-10(6-15-16)12(17)13(8-14)5-9-2-3-11(13)4-9/h6-7,9,11-12,17H,2-5H2,1H3. The highest BCUT2D eigenvalue weighted by molar-refractivity contribution is 5.22. The van der Waals surface area contributed by atoms with E-state index in [2.05, 4.69) is 11.2 Å². The summed E-state index contributed by atoms with van der Waals surface area (Å²) in [6.45, 7) is 0. The fraction of sp³-hybridized carbons (Fsp3) is 0.692. The number of nitriles is 1. The number of hydrogen-bond donors (Lipinski definition) is 1. The number of rotatable bonds is 2. The number of nitrogens with zero attached hydrogens (tertiary/aromatic N) is 3. The van der Waals surface area contributed by atoms with Gasteiger partial charge in [-0.3, -0.25) is 4.68 Å². The van der Waals surface area contributed by atoms with E-state index in [0.29, 0.717) is 11.8 Å². The molecular formula is C13H17N3O. The van der Waals surface area contributed by atoms with Crippen LogP contribution in [0.5, 0.6) is 0 Å². The Balaban J connectivity index is 1.94. The van der Waals surface area contributed by atoms with Crippen molar-refractivity contribution in [3.63, 3.8) is 0 Å². The highest BCUT2D eigenvalue weighted by Gasteiger charge is 2.55. The van der Waals surface area contributed by atoms with Crippen molar-refractivity contribution >= 4 is 0 Å². The van der Waals surface area contributed by atoms with Crippen molar-refractivity contribution < 1.29 is 5.11 Å². The molecule has 0 aromatic carbocycles. The van der Waals surface area contributed by atoms with Crippen LogP contribution in [-0.2, 0) is 7.05 Å². The van der Waals surface area contributed by atoms with Crippen LogP contribution in [0.15, 0.2) is 12.4 Å². The molecule has 17 heavy (non-hydrogen) atoms. The van der Waals surface area contributed by atoms with Crippen molar-refractivity contribution in [2.24, 2.45) is 24.3 Å². The third-order valence-corrected chi connectivity index (χ3v) is 4.63. The summed E-state index contributed by atoms with van der Waals surface area (Å²) < 4.78 is 1.68. The zero-order valence-electron chi connectivity index (χ0n) is 10.0.